The van der Waals surface area contributed by atoms with Gasteiger partial charge in [0.15, 0.2) is 0 Å². The molecular formula is C33H29BrClN5O4. The van der Waals surface area contributed by atoms with Gasteiger partial charge in [0.1, 0.15) is 11.8 Å². The number of halogens is 2. The molecule has 11 heteroatoms. The third kappa shape index (κ3) is 6.13. The molecule has 224 valence electrons. The van der Waals surface area contributed by atoms with Crippen molar-refractivity contribution in [1.29, 1.82) is 5.26 Å². The number of ether oxygens (including phenoxy) is 1. The van der Waals surface area contributed by atoms with Gasteiger partial charge in [0.2, 0.25) is 5.91 Å². The highest BCUT2D eigenvalue weighted by molar-refractivity contribution is 9.10. The minimum absolute atomic E-state index is 0.0858. The molecule has 5 rings (SSSR count). The van der Waals surface area contributed by atoms with Crippen molar-refractivity contribution in [3.05, 3.63) is 99.0 Å². The lowest BCUT2D eigenvalue weighted by molar-refractivity contribution is -0.128. The van der Waals surface area contributed by atoms with Crippen LogP contribution in [0.5, 0.6) is 5.75 Å². The maximum atomic E-state index is 14.5. The molecule has 1 aliphatic heterocycles. The van der Waals surface area contributed by atoms with Crippen LogP contribution in [0.25, 0.3) is 10.8 Å². The number of hydrogen-bond donors (Lipinski definition) is 2. The lowest BCUT2D eigenvalue weighted by atomic mass is 10.0. The number of nitriles is 1. The summed E-state index contributed by atoms with van der Waals surface area (Å²) >= 11 is 10.00. The molecule has 2 N–H and O–H groups in total. The zero-order valence-corrected chi connectivity index (χ0v) is 26.6. The van der Waals surface area contributed by atoms with Crippen molar-refractivity contribution in [2.24, 2.45) is 0 Å². The maximum absolute atomic E-state index is 14.5. The molecule has 1 heterocycles. The summed E-state index contributed by atoms with van der Waals surface area (Å²) in [5, 5.41) is 17.2. The molecule has 0 bridgehead atoms. The largest absolute Gasteiger partial charge is 0.496 e. The van der Waals surface area contributed by atoms with E-state index in [1.165, 1.54) is 4.90 Å². The van der Waals surface area contributed by atoms with Crippen molar-refractivity contribution >= 4 is 67.4 Å². The number of nitrogens with one attached hydrogen (secondary N) is 2. The van der Waals surface area contributed by atoms with Crippen molar-refractivity contribution in [1.82, 2.24) is 10.6 Å². The fraction of sp³-hybridized carbons (Fsp3) is 0.212. The summed E-state index contributed by atoms with van der Waals surface area (Å²) in [6.07, 6.45) is 0. The summed E-state index contributed by atoms with van der Waals surface area (Å²) in [6.45, 7) is 1.62. The van der Waals surface area contributed by atoms with E-state index < -0.39 is 29.8 Å². The first kappa shape index (κ1) is 31.0. The first-order valence-corrected chi connectivity index (χ1v) is 15.0. The number of amides is 3. The second-order valence-electron chi connectivity index (χ2n) is 10.3. The van der Waals surface area contributed by atoms with E-state index >= 15 is 0 Å². The number of carbonyl (C=O) groups excluding carboxylic acids is 3. The number of benzene rings is 4. The molecular weight excluding hydrogens is 646 g/mol. The minimum atomic E-state index is -1.10. The van der Waals surface area contributed by atoms with Crippen LogP contribution in [0, 0.1) is 11.3 Å². The molecule has 0 aromatic heterocycles. The van der Waals surface area contributed by atoms with Crippen LogP contribution in [0.1, 0.15) is 28.4 Å². The van der Waals surface area contributed by atoms with Crippen molar-refractivity contribution in [2.45, 2.75) is 25.6 Å². The van der Waals surface area contributed by atoms with E-state index in [2.05, 4.69) is 32.6 Å². The van der Waals surface area contributed by atoms with Gasteiger partial charge in [-0.25, -0.2) is 0 Å². The van der Waals surface area contributed by atoms with E-state index in [4.69, 9.17) is 16.3 Å². The predicted octanol–water partition coefficient (Wildman–Crippen LogP) is 5.42. The predicted molar refractivity (Wildman–Crippen MR) is 174 cm³/mol. The first-order chi connectivity index (χ1) is 21.1. The van der Waals surface area contributed by atoms with Crippen LogP contribution in [-0.4, -0.2) is 50.5 Å². The summed E-state index contributed by atoms with van der Waals surface area (Å²) in [5.41, 5.74) is 2.32. The van der Waals surface area contributed by atoms with Gasteiger partial charge in [0.25, 0.3) is 11.8 Å². The average Bonchev–Trinajstić information content (AvgIpc) is 3.14. The number of fused-ring (bicyclic) bond motifs is 2. The number of rotatable bonds is 7. The monoisotopic (exact) mass is 673 g/mol. The van der Waals surface area contributed by atoms with Gasteiger partial charge in [-0.2, -0.15) is 5.26 Å². The van der Waals surface area contributed by atoms with Crippen LogP contribution in [-0.2, 0) is 16.1 Å². The smallest absolute Gasteiger partial charge is 0.258 e. The van der Waals surface area contributed by atoms with E-state index in [-0.39, 0.29) is 13.1 Å². The van der Waals surface area contributed by atoms with Crippen molar-refractivity contribution in [3.8, 4) is 11.8 Å². The highest BCUT2D eigenvalue weighted by Crippen LogP contribution is 2.39. The third-order valence-electron chi connectivity index (χ3n) is 7.68. The highest BCUT2D eigenvalue weighted by Gasteiger charge is 2.38. The topological polar surface area (TPSA) is 115 Å². The number of methoxy groups -OCH3 is 1. The summed E-state index contributed by atoms with van der Waals surface area (Å²) in [5.74, 6) is -0.631. The SMILES string of the molecule is CNC(C)C(=O)NC1CN(C(=O)c2ccc(C#N)cc2)c2cc(Cl)ccc2N(Cc2c(OC)ccc3cc(Br)ccc23)C1=O. The van der Waals surface area contributed by atoms with E-state index in [0.717, 1.165) is 20.8 Å². The molecule has 0 aliphatic carbocycles. The van der Waals surface area contributed by atoms with Gasteiger partial charge in [-0.3, -0.25) is 14.4 Å². The molecule has 0 spiro atoms. The Morgan fingerprint density at radius 2 is 1.84 bits per heavy atom. The highest BCUT2D eigenvalue weighted by atomic mass is 79.9. The van der Waals surface area contributed by atoms with Gasteiger partial charge in [-0.05, 0) is 85.4 Å². The molecule has 4 aromatic rings. The molecule has 2 atom stereocenters. The Morgan fingerprint density at radius 3 is 2.52 bits per heavy atom. The van der Waals surface area contributed by atoms with E-state index in [0.29, 0.717) is 33.3 Å². The Labute approximate surface area is 268 Å². The van der Waals surface area contributed by atoms with E-state index in [1.54, 1.807) is 68.4 Å². The quantitative estimate of drug-likeness (QED) is 0.271. The van der Waals surface area contributed by atoms with Crippen molar-refractivity contribution in [2.75, 3.05) is 30.5 Å². The van der Waals surface area contributed by atoms with E-state index in [1.807, 2.05) is 30.3 Å². The number of nitrogens with zero attached hydrogens (tertiary/aromatic N) is 3. The molecule has 3 amide bonds. The van der Waals surface area contributed by atoms with Crippen LogP contribution in [0.4, 0.5) is 11.4 Å². The van der Waals surface area contributed by atoms with Crippen LogP contribution in [0.15, 0.2) is 77.3 Å². The fourth-order valence-electron chi connectivity index (χ4n) is 5.20. The molecule has 0 radical (unpaired) electrons. The Balaban J connectivity index is 1.68. The molecule has 9 nitrogen and oxygen atoms in total. The molecule has 4 aromatic carbocycles. The summed E-state index contributed by atoms with van der Waals surface area (Å²) < 4.78 is 6.64. The molecule has 1 aliphatic rings. The van der Waals surface area contributed by atoms with Crippen molar-refractivity contribution < 1.29 is 19.1 Å². The fourth-order valence-corrected chi connectivity index (χ4v) is 5.74. The molecule has 0 saturated heterocycles. The number of anilines is 2. The van der Waals surface area contributed by atoms with Crippen LogP contribution in [0.2, 0.25) is 5.02 Å². The van der Waals surface area contributed by atoms with Gasteiger partial charge < -0.3 is 25.2 Å². The normalized spacial score (nSPS) is 15.3. The number of likely N-dealkylation sites (N-methyl/N-ethyl adjacent to an activating group) is 1. The van der Waals surface area contributed by atoms with Gasteiger partial charge in [0.05, 0.1) is 49.2 Å². The second-order valence-corrected chi connectivity index (χ2v) is 11.7. The maximum Gasteiger partial charge on any atom is 0.258 e. The molecule has 44 heavy (non-hydrogen) atoms. The number of hydrogen-bond acceptors (Lipinski definition) is 6. The molecule has 0 fully saturated rings. The van der Waals surface area contributed by atoms with Crippen LogP contribution in [0.3, 0.4) is 0 Å². The van der Waals surface area contributed by atoms with Crippen molar-refractivity contribution in [3.63, 3.8) is 0 Å². The lowest BCUT2D eigenvalue weighted by Gasteiger charge is -2.27. The number of carbonyl (C=O) groups is 3. The van der Waals surface area contributed by atoms with Crippen LogP contribution >= 0.6 is 27.5 Å². The van der Waals surface area contributed by atoms with Gasteiger partial charge >= 0.3 is 0 Å². The Hall–Kier alpha value is -4.43. The van der Waals surface area contributed by atoms with Gasteiger partial charge in [0, 0.05) is 20.6 Å². The van der Waals surface area contributed by atoms with Crippen LogP contribution < -0.4 is 25.2 Å². The molecule has 2 unspecified atom stereocenters. The first-order valence-electron chi connectivity index (χ1n) is 13.8. The zero-order valence-electron chi connectivity index (χ0n) is 24.2. The summed E-state index contributed by atoms with van der Waals surface area (Å²) in [4.78, 5) is 44.6. The summed E-state index contributed by atoms with van der Waals surface area (Å²) in [6, 6.07) is 21.2. The summed E-state index contributed by atoms with van der Waals surface area (Å²) in [7, 11) is 3.22. The van der Waals surface area contributed by atoms with Gasteiger partial charge in [-0.1, -0.05) is 39.7 Å². The third-order valence-corrected chi connectivity index (χ3v) is 8.41. The average molecular weight is 675 g/mol. The van der Waals surface area contributed by atoms with E-state index in [9.17, 15) is 19.6 Å². The Kier molecular flexibility index (Phi) is 9.20. The Bertz CT molecular complexity index is 1810. The Morgan fingerprint density at radius 1 is 1.09 bits per heavy atom. The molecule has 0 saturated carbocycles. The standard InChI is InChI=1S/C33H29BrClN5O4/c1-19(37-2)31(41)38-27-18-40(32(42)21-6-4-20(16-36)5-7-21)29-15-24(35)10-12-28(29)39(33(27)43)17-26-25-11-9-23(34)14-22(25)8-13-30(26)44-3/h4-15,19,27,37H,17-18H2,1-3H3,(H,38,41). The minimum Gasteiger partial charge on any atom is -0.496 e. The lowest BCUT2D eigenvalue weighted by Crippen LogP contribution is -2.55. The van der Waals surface area contributed by atoms with Gasteiger partial charge in [-0.15, -0.1) is 0 Å². The second kappa shape index (κ2) is 13.1. The zero-order chi connectivity index (χ0) is 31.5.